The Morgan fingerprint density at radius 2 is 2.08 bits per heavy atom. The van der Waals surface area contributed by atoms with E-state index in [1.54, 1.807) is 6.33 Å². The van der Waals surface area contributed by atoms with Crippen molar-refractivity contribution in [1.29, 1.82) is 0 Å². The Morgan fingerprint density at radius 3 is 2.85 bits per heavy atom. The molecule has 2 N–H and O–H groups in total. The molecule has 0 bridgehead atoms. The lowest BCUT2D eigenvalue weighted by Gasteiger charge is -2.14. The quantitative estimate of drug-likeness (QED) is 0.368. The summed E-state index contributed by atoms with van der Waals surface area (Å²) in [7, 11) is 0. The average Bonchev–Trinajstić information content (AvgIpc) is 3.03. The van der Waals surface area contributed by atoms with Gasteiger partial charge in [0.2, 0.25) is 0 Å². The molecule has 0 aliphatic carbocycles. The molecule has 0 radical (unpaired) electrons. The van der Waals surface area contributed by atoms with Crippen molar-refractivity contribution in [3.63, 3.8) is 0 Å². The molecule has 0 aliphatic heterocycles. The number of hydrogen-bond acceptors (Lipinski definition) is 5. The summed E-state index contributed by atoms with van der Waals surface area (Å²) in [5.41, 5.74) is 1.93. The van der Waals surface area contributed by atoms with Crippen LogP contribution in [-0.2, 0) is 6.54 Å². The number of nitrogens with zero attached hydrogens (tertiary/aromatic N) is 3. The van der Waals surface area contributed by atoms with E-state index in [2.05, 4.69) is 20.2 Å². The van der Waals surface area contributed by atoms with Crippen LogP contribution in [0.5, 0.6) is 0 Å². The first-order chi connectivity index (χ1) is 12.6. The van der Waals surface area contributed by atoms with Gasteiger partial charge in [-0.2, -0.15) is 0 Å². The highest BCUT2D eigenvalue weighted by molar-refractivity contribution is 5.94. The van der Waals surface area contributed by atoms with Crippen LogP contribution in [0.1, 0.15) is 12.1 Å². The first kappa shape index (κ1) is 17.5. The zero-order chi connectivity index (χ0) is 18.4. The van der Waals surface area contributed by atoms with Crippen molar-refractivity contribution in [2.45, 2.75) is 19.9 Å². The molecule has 0 aliphatic rings. The number of fused-ring (bicyclic) bond motifs is 1. The third-order valence-corrected chi connectivity index (χ3v) is 4.11. The van der Waals surface area contributed by atoms with Crippen molar-refractivity contribution in [3.8, 4) is 0 Å². The summed E-state index contributed by atoms with van der Waals surface area (Å²) in [6.45, 7) is 3.41. The molecule has 26 heavy (non-hydrogen) atoms. The molecule has 0 unspecified atom stereocenters. The molecule has 0 saturated carbocycles. The van der Waals surface area contributed by atoms with E-state index in [1.807, 2.05) is 55.6 Å². The first-order valence-corrected chi connectivity index (χ1v) is 8.44. The van der Waals surface area contributed by atoms with E-state index in [-0.39, 0.29) is 0 Å². The fraction of sp³-hybridized carbons (Fsp3) is 0.211. The highest BCUT2D eigenvalue weighted by Gasteiger charge is 2.06. The van der Waals surface area contributed by atoms with Crippen LogP contribution in [0.25, 0.3) is 10.8 Å². The van der Waals surface area contributed by atoms with Gasteiger partial charge in [0.05, 0.1) is 11.3 Å². The molecule has 1 aromatic heterocycles. The van der Waals surface area contributed by atoms with E-state index in [1.165, 1.54) is 0 Å². The third-order valence-electron chi connectivity index (χ3n) is 4.11. The normalized spacial score (nSPS) is 11.5. The second-order valence-electron chi connectivity index (χ2n) is 5.99. The van der Waals surface area contributed by atoms with Crippen LogP contribution in [-0.4, -0.2) is 21.0 Å². The molecular formula is C19H21N5O2. The smallest absolute Gasteiger partial charge is 0.274 e. The average molecular weight is 351 g/mol. The number of benzene rings is 2. The summed E-state index contributed by atoms with van der Waals surface area (Å²) in [6, 6.07) is 13.8. The van der Waals surface area contributed by atoms with Gasteiger partial charge in [-0.25, -0.2) is 4.98 Å². The predicted molar refractivity (Wildman–Crippen MR) is 102 cm³/mol. The lowest BCUT2D eigenvalue weighted by Crippen LogP contribution is -2.23. The Hall–Kier alpha value is -3.35. The SMILES string of the molecule is Cc1cncn1CCCN/C(=C\[N+](=O)[O-])Nc1cccc2ccccc12. The first-order valence-electron chi connectivity index (χ1n) is 8.44. The van der Waals surface area contributed by atoms with Crippen molar-refractivity contribution in [1.82, 2.24) is 14.9 Å². The van der Waals surface area contributed by atoms with Gasteiger partial charge in [0.1, 0.15) is 0 Å². The molecule has 2 aromatic carbocycles. The van der Waals surface area contributed by atoms with Crippen LogP contribution in [0, 0.1) is 17.0 Å². The van der Waals surface area contributed by atoms with E-state index in [0.717, 1.165) is 41.3 Å². The zero-order valence-electron chi connectivity index (χ0n) is 14.6. The minimum Gasteiger partial charge on any atom is -0.366 e. The van der Waals surface area contributed by atoms with Gasteiger partial charge in [-0.15, -0.1) is 0 Å². The molecule has 0 fully saturated rings. The Balaban J connectivity index is 1.66. The molecule has 134 valence electrons. The van der Waals surface area contributed by atoms with Gasteiger partial charge in [0.25, 0.3) is 6.20 Å². The minimum absolute atomic E-state index is 0.369. The number of nitro groups is 1. The molecule has 1 heterocycles. The Labute approximate surface area is 151 Å². The highest BCUT2D eigenvalue weighted by atomic mass is 16.6. The number of hydrogen-bond donors (Lipinski definition) is 2. The van der Waals surface area contributed by atoms with E-state index in [4.69, 9.17) is 0 Å². The van der Waals surface area contributed by atoms with Gasteiger partial charge >= 0.3 is 0 Å². The summed E-state index contributed by atoms with van der Waals surface area (Å²) >= 11 is 0. The molecule has 7 nitrogen and oxygen atoms in total. The fourth-order valence-electron chi connectivity index (χ4n) is 2.80. The van der Waals surface area contributed by atoms with E-state index >= 15 is 0 Å². The second kappa shape index (κ2) is 8.15. The lowest BCUT2D eigenvalue weighted by molar-refractivity contribution is -0.403. The number of aryl methyl sites for hydroxylation is 2. The zero-order valence-corrected chi connectivity index (χ0v) is 14.6. The van der Waals surface area contributed by atoms with Gasteiger partial charge in [-0.05, 0) is 24.8 Å². The monoisotopic (exact) mass is 351 g/mol. The van der Waals surface area contributed by atoms with Gasteiger partial charge in [-0.1, -0.05) is 36.4 Å². The number of nitrogens with one attached hydrogen (secondary N) is 2. The van der Waals surface area contributed by atoms with Gasteiger partial charge < -0.3 is 15.2 Å². The van der Waals surface area contributed by atoms with Crippen LogP contribution >= 0.6 is 0 Å². The van der Waals surface area contributed by atoms with E-state index < -0.39 is 4.92 Å². The molecule has 0 atom stereocenters. The summed E-state index contributed by atoms with van der Waals surface area (Å²) in [6.07, 6.45) is 5.39. The van der Waals surface area contributed by atoms with Crippen LogP contribution in [0.2, 0.25) is 0 Å². The summed E-state index contributed by atoms with van der Waals surface area (Å²) in [5, 5.41) is 19.3. The maximum Gasteiger partial charge on any atom is 0.274 e. The topological polar surface area (TPSA) is 85.0 Å². The predicted octanol–water partition coefficient (Wildman–Crippen LogP) is 3.51. The van der Waals surface area contributed by atoms with Crippen LogP contribution in [0.15, 0.2) is 67.0 Å². The number of rotatable bonds is 8. The second-order valence-corrected chi connectivity index (χ2v) is 5.99. The molecule has 3 aromatic rings. The lowest BCUT2D eigenvalue weighted by atomic mass is 10.1. The molecule has 0 saturated heterocycles. The molecule has 3 rings (SSSR count). The van der Waals surface area contributed by atoms with Crippen LogP contribution in [0.3, 0.4) is 0 Å². The minimum atomic E-state index is -0.458. The number of imidazole rings is 1. The molecule has 7 heteroatoms. The fourth-order valence-corrected chi connectivity index (χ4v) is 2.80. The van der Waals surface area contributed by atoms with Crippen LogP contribution in [0.4, 0.5) is 5.69 Å². The number of anilines is 1. The molecule has 0 amide bonds. The van der Waals surface area contributed by atoms with Crippen molar-refractivity contribution in [2.75, 3.05) is 11.9 Å². The summed E-state index contributed by atoms with van der Waals surface area (Å²) < 4.78 is 2.05. The Bertz CT molecular complexity index is 927. The van der Waals surface area contributed by atoms with Gasteiger partial charge in [0, 0.05) is 36.1 Å². The van der Waals surface area contributed by atoms with Crippen LogP contribution < -0.4 is 10.6 Å². The maximum atomic E-state index is 11.0. The maximum absolute atomic E-state index is 11.0. The van der Waals surface area contributed by atoms with Crippen molar-refractivity contribution in [3.05, 3.63) is 82.8 Å². The molecule has 0 spiro atoms. The highest BCUT2D eigenvalue weighted by Crippen LogP contribution is 2.23. The molecular weight excluding hydrogens is 330 g/mol. The summed E-state index contributed by atoms with van der Waals surface area (Å²) in [5.74, 6) is 0.369. The van der Waals surface area contributed by atoms with E-state index in [0.29, 0.717) is 12.4 Å². The van der Waals surface area contributed by atoms with E-state index in [9.17, 15) is 10.1 Å². The van der Waals surface area contributed by atoms with Crippen molar-refractivity contribution >= 4 is 16.5 Å². The van der Waals surface area contributed by atoms with Gasteiger partial charge in [-0.3, -0.25) is 10.1 Å². The standard InChI is InChI=1S/C19H21N5O2/c1-15-12-20-14-23(15)11-5-10-21-19(13-24(25)26)22-18-9-4-7-16-6-2-3-8-17(16)18/h2-4,6-9,12-14,21-22H,5,10-11H2,1H3/b19-13+. The largest absolute Gasteiger partial charge is 0.366 e. The number of aromatic nitrogens is 2. The third kappa shape index (κ3) is 4.38. The van der Waals surface area contributed by atoms with Gasteiger partial charge in [0.15, 0.2) is 5.82 Å². The summed E-state index contributed by atoms with van der Waals surface area (Å²) in [4.78, 5) is 14.6. The Kier molecular flexibility index (Phi) is 5.48. The van der Waals surface area contributed by atoms with Crippen molar-refractivity contribution < 1.29 is 4.92 Å². The Morgan fingerprint density at radius 1 is 1.27 bits per heavy atom. The van der Waals surface area contributed by atoms with Crippen molar-refractivity contribution in [2.24, 2.45) is 0 Å².